The van der Waals surface area contributed by atoms with Crippen molar-refractivity contribution >= 4 is 17.9 Å². The monoisotopic (exact) mass is 338 g/mol. The lowest BCUT2D eigenvalue weighted by atomic mass is 9.97. The number of allylic oxidation sites excluding steroid dienone is 2. The fourth-order valence-electron chi connectivity index (χ4n) is 3.05. The van der Waals surface area contributed by atoms with Crippen molar-refractivity contribution in [3.63, 3.8) is 0 Å². The van der Waals surface area contributed by atoms with E-state index in [1.807, 2.05) is 36.4 Å². The number of nitriles is 2. The Morgan fingerprint density at radius 3 is 1.42 bits per heavy atom. The van der Waals surface area contributed by atoms with Gasteiger partial charge in [-0.05, 0) is 73.2 Å². The maximum Gasteiger partial charge on any atom is 0.185 e. The highest BCUT2D eigenvalue weighted by Crippen LogP contribution is 2.27. The molecule has 2 aromatic rings. The number of nitrogens with zero attached hydrogens (tertiary/aromatic N) is 2. The first kappa shape index (κ1) is 17.4. The highest BCUT2D eigenvalue weighted by Gasteiger charge is 2.18. The van der Waals surface area contributed by atoms with E-state index < -0.39 is 0 Å². The Morgan fingerprint density at radius 2 is 1.08 bits per heavy atom. The van der Waals surface area contributed by atoms with Crippen LogP contribution in [-0.4, -0.2) is 5.78 Å². The van der Waals surface area contributed by atoms with Crippen LogP contribution in [0, 0.1) is 22.7 Å². The predicted octanol–water partition coefficient (Wildman–Crippen LogP) is 5.04. The summed E-state index contributed by atoms with van der Waals surface area (Å²) in [5.74, 6) is 0.0937. The average Bonchev–Trinajstić information content (AvgIpc) is 2.85. The molecule has 3 nitrogen and oxygen atoms in total. The van der Waals surface area contributed by atoms with Crippen LogP contribution in [0.2, 0.25) is 0 Å². The Hall–Kier alpha value is -3.43. The van der Waals surface area contributed by atoms with Crippen molar-refractivity contribution in [2.75, 3.05) is 0 Å². The molecule has 1 fully saturated rings. The Bertz CT molecular complexity index is 870. The Kier molecular flexibility index (Phi) is 5.42. The van der Waals surface area contributed by atoms with Gasteiger partial charge in [-0.15, -0.1) is 0 Å². The first-order chi connectivity index (χ1) is 12.7. The lowest BCUT2D eigenvalue weighted by molar-refractivity contribution is -0.112. The molecule has 3 rings (SSSR count). The summed E-state index contributed by atoms with van der Waals surface area (Å²) in [6, 6.07) is 18.7. The fraction of sp³-hybridized carbons (Fsp3) is 0.174. The zero-order valence-corrected chi connectivity index (χ0v) is 14.4. The maximum absolute atomic E-state index is 13.0. The Morgan fingerprint density at radius 1 is 0.692 bits per heavy atom. The molecule has 1 aliphatic carbocycles. The minimum Gasteiger partial charge on any atom is -0.289 e. The van der Waals surface area contributed by atoms with Gasteiger partial charge in [0.05, 0.1) is 23.3 Å². The number of rotatable bonds is 2. The zero-order chi connectivity index (χ0) is 18.4. The summed E-state index contributed by atoms with van der Waals surface area (Å²) in [4.78, 5) is 13.0. The number of ketones is 1. The second-order valence-corrected chi connectivity index (χ2v) is 6.34. The number of benzene rings is 2. The third kappa shape index (κ3) is 4.15. The molecule has 0 N–H and O–H groups in total. The summed E-state index contributed by atoms with van der Waals surface area (Å²) in [7, 11) is 0. The quantitative estimate of drug-likeness (QED) is 0.569. The van der Waals surface area contributed by atoms with Crippen LogP contribution >= 0.6 is 0 Å². The molecule has 0 radical (unpaired) electrons. The molecule has 0 amide bonds. The van der Waals surface area contributed by atoms with Gasteiger partial charge in [0.15, 0.2) is 5.78 Å². The van der Waals surface area contributed by atoms with Crippen LogP contribution in [0.5, 0.6) is 0 Å². The molecule has 1 aliphatic rings. The minimum absolute atomic E-state index is 0.0937. The standard InChI is InChI=1S/C23H18N2O/c24-15-19-9-5-17(6-10-19)13-21-3-1-2-4-22(23(21)26)14-18-7-11-20(16-25)12-8-18/h5-14H,1-4H2. The van der Waals surface area contributed by atoms with Gasteiger partial charge in [-0.25, -0.2) is 0 Å². The molecule has 0 unspecified atom stereocenters. The number of hydrogen-bond acceptors (Lipinski definition) is 3. The van der Waals surface area contributed by atoms with Crippen LogP contribution < -0.4 is 0 Å². The number of carbonyl (C=O) groups is 1. The minimum atomic E-state index is 0.0937. The first-order valence-electron chi connectivity index (χ1n) is 8.66. The van der Waals surface area contributed by atoms with Gasteiger partial charge in [-0.2, -0.15) is 10.5 Å². The van der Waals surface area contributed by atoms with Gasteiger partial charge in [0.2, 0.25) is 0 Å². The summed E-state index contributed by atoms with van der Waals surface area (Å²) in [5.41, 5.74) is 4.72. The van der Waals surface area contributed by atoms with Gasteiger partial charge in [0.25, 0.3) is 0 Å². The summed E-state index contributed by atoms with van der Waals surface area (Å²) >= 11 is 0. The van der Waals surface area contributed by atoms with E-state index in [0.717, 1.165) is 48.0 Å². The van der Waals surface area contributed by atoms with Crippen molar-refractivity contribution in [1.29, 1.82) is 10.5 Å². The van der Waals surface area contributed by atoms with Crippen molar-refractivity contribution in [3.8, 4) is 12.1 Å². The van der Waals surface area contributed by atoms with Gasteiger partial charge in [-0.3, -0.25) is 4.79 Å². The second kappa shape index (κ2) is 8.10. The van der Waals surface area contributed by atoms with Gasteiger partial charge < -0.3 is 0 Å². The number of Topliss-reactive ketones (excluding diaryl/α,β-unsaturated/α-hetero) is 1. The maximum atomic E-state index is 13.0. The third-order valence-electron chi connectivity index (χ3n) is 4.49. The smallest absolute Gasteiger partial charge is 0.185 e. The highest BCUT2D eigenvalue weighted by molar-refractivity contribution is 6.13. The zero-order valence-electron chi connectivity index (χ0n) is 14.4. The molecular formula is C23H18N2O. The molecule has 26 heavy (non-hydrogen) atoms. The van der Waals surface area contributed by atoms with Crippen LogP contribution in [0.25, 0.3) is 12.2 Å². The summed E-state index contributed by atoms with van der Waals surface area (Å²) in [6.45, 7) is 0. The molecule has 0 saturated heterocycles. The van der Waals surface area contributed by atoms with E-state index in [1.54, 1.807) is 24.3 Å². The van der Waals surface area contributed by atoms with Crippen LogP contribution in [0.15, 0.2) is 59.7 Å². The number of carbonyl (C=O) groups excluding carboxylic acids is 1. The van der Waals surface area contributed by atoms with E-state index >= 15 is 0 Å². The van der Waals surface area contributed by atoms with Crippen molar-refractivity contribution < 1.29 is 4.79 Å². The largest absolute Gasteiger partial charge is 0.289 e. The fourth-order valence-corrected chi connectivity index (χ4v) is 3.05. The van der Waals surface area contributed by atoms with Crippen LogP contribution in [-0.2, 0) is 4.79 Å². The number of hydrogen-bond donors (Lipinski definition) is 0. The highest BCUT2D eigenvalue weighted by atomic mass is 16.1. The van der Waals surface area contributed by atoms with E-state index in [2.05, 4.69) is 12.1 Å². The first-order valence-corrected chi connectivity index (χ1v) is 8.66. The van der Waals surface area contributed by atoms with Crippen LogP contribution in [0.3, 0.4) is 0 Å². The SMILES string of the molecule is N#Cc1ccc(C=C2CCCCC(=Cc3ccc(C#N)cc3)C2=O)cc1. The van der Waals surface area contributed by atoms with Crippen LogP contribution in [0.1, 0.15) is 47.9 Å². The van der Waals surface area contributed by atoms with E-state index in [-0.39, 0.29) is 5.78 Å². The molecule has 0 bridgehead atoms. The van der Waals surface area contributed by atoms with Crippen molar-refractivity contribution in [1.82, 2.24) is 0 Å². The third-order valence-corrected chi connectivity index (χ3v) is 4.49. The summed E-state index contributed by atoms with van der Waals surface area (Å²) in [5, 5.41) is 17.8. The summed E-state index contributed by atoms with van der Waals surface area (Å²) in [6.07, 6.45) is 7.37. The Balaban J connectivity index is 1.89. The molecule has 2 aromatic carbocycles. The Labute approximate surface area is 153 Å². The molecule has 0 aliphatic heterocycles. The summed E-state index contributed by atoms with van der Waals surface area (Å²) < 4.78 is 0. The molecule has 0 heterocycles. The molecule has 3 heteroatoms. The van der Waals surface area contributed by atoms with Gasteiger partial charge in [0, 0.05) is 11.1 Å². The topological polar surface area (TPSA) is 64.7 Å². The predicted molar refractivity (Wildman–Crippen MR) is 102 cm³/mol. The van der Waals surface area contributed by atoms with Gasteiger partial charge in [0.1, 0.15) is 0 Å². The van der Waals surface area contributed by atoms with Crippen molar-refractivity contribution in [2.45, 2.75) is 25.7 Å². The van der Waals surface area contributed by atoms with Crippen LogP contribution in [0.4, 0.5) is 0 Å². The molecule has 0 atom stereocenters. The van der Waals surface area contributed by atoms with Crippen molar-refractivity contribution in [3.05, 3.63) is 81.9 Å². The lowest BCUT2D eigenvalue weighted by Gasteiger charge is -2.06. The van der Waals surface area contributed by atoms with E-state index in [1.165, 1.54) is 0 Å². The van der Waals surface area contributed by atoms with Gasteiger partial charge >= 0.3 is 0 Å². The van der Waals surface area contributed by atoms with E-state index in [0.29, 0.717) is 11.1 Å². The molecule has 1 saturated carbocycles. The molecular weight excluding hydrogens is 320 g/mol. The molecule has 126 valence electrons. The molecule has 0 spiro atoms. The molecule has 0 aromatic heterocycles. The van der Waals surface area contributed by atoms with Gasteiger partial charge in [-0.1, -0.05) is 24.3 Å². The lowest BCUT2D eigenvalue weighted by Crippen LogP contribution is -2.04. The second-order valence-electron chi connectivity index (χ2n) is 6.34. The van der Waals surface area contributed by atoms with E-state index in [9.17, 15) is 4.79 Å². The van der Waals surface area contributed by atoms with Crippen molar-refractivity contribution in [2.24, 2.45) is 0 Å². The van der Waals surface area contributed by atoms with E-state index in [4.69, 9.17) is 10.5 Å². The average molecular weight is 338 g/mol. The normalized spacial score (nSPS) is 17.5.